The van der Waals surface area contributed by atoms with Crippen molar-refractivity contribution >= 4 is 29.4 Å². The summed E-state index contributed by atoms with van der Waals surface area (Å²) in [7, 11) is 1.38. The summed E-state index contributed by atoms with van der Waals surface area (Å²) < 4.78 is 10.5. The quantitative estimate of drug-likeness (QED) is 0.274. The van der Waals surface area contributed by atoms with Gasteiger partial charge in [-0.1, -0.05) is 36.4 Å². The van der Waals surface area contributed by atoms with Crippen LogP contribution < -0.4 is 9.64 Å². The number of carbonyl (C=O) groups excluding carboxylic acids is 4. The van der Waals surface area contributed by atoms with Gasteiger partial charge in [0.15, 0.2) is 6.61 Å². The molecule has 0 aliphatic carbocycles. The molecule has 3 aromatic rings. The Morgan fingerprint density at radius 3 is 2.19 bits per heavy atom. The Kier molecular flexibility index (Phi) is 7.07. The first-order valence-corrected chi connectivity index (χ1v) is 11.0. The zero-order valence-electron chi connectivity index (χ0n) is 19.3. The molecule has 0 spiro atoms. The molecule has 1 heterocycles. The monoisotopic (exact) mass is 483 g/mol. The van der Waals surface area contributed by atoms with Gasteiger partial charge in [-0.3, -0.25) is 24.2 Å². The summed E-state index contributed by atoms with van der Waals surface area (Å²) in [6.45, 7) is -0.861. The maximum absolute atomic E-state index is 12.9. The van der Waals surface area contributed by atoms with Gasteiger partial charge in [-0.15, -0.1) is 0 Å². The molecular weight excluding hydrogens is 462 g/mol. The molecule has 0 radical (unpaired) electrons. The van der Waals surface area contributed by atoms with E-state index in [1.807, 2.05) is 6.07 Å². The Balaban J connectivity index is 1.49. The van der Waals surface area contributed by atoms with E-state index < -0.39 is 30.3 Å². The van der Waals surface area contributed by atoms with Crippen molar-refractivity contribution in [2.75, 3.05) is 25.2 Å². The first kappa shape index (κ1) is 24.2. The van der Waals surface area contributed by atoms with Gasteiger partial charge in [0.1, 0.15) is 17.9 Å². The average Bonchev–Trinajstić information content (AvgIpc) is 3.15. The van der Waals surface area contributed by atoms with Crippen LogP contribution in [0.4, 0.5) is 5.69 Å². The molecule has 0 N–H and O–H groups in total. The predicted molar refractivity (Wildman–Crippen MR) is 128 cm³/mol. The molecule has 0 unspecified atom stereocenters. The molecular formula is C27H21N3O6. The SMILES string of the molecule is COc1ccc(CN2C(=O)c3ccccc3C2=O)cc1C(=O)OCC(=O)N(CC#N)c1ccccc1. The number of rotatable bonds is 8. The van der Waals surface area contributed by atoms with E-state index in [0.717, 1.165) is 4.90 Å². The van der Waals surface area contributed by atoms with E-state index in [2.05, 4.69) is 0 Å². The minimum atomic E-state index is -0.825. The molecule has 3 amide bonds. The fourth-order valence-electron chi connectivity index (χ4n) is 3.86. The van der Waals surface area contributed by atoms with E-state index >= 15 is 0 Å². The van der Waals surface area contributed by atoms with E-state index in [9.17, 15) is 19.2 Å². The zero-order valence-corrected chi connectivity index (χ0v) is 19.3. The smallest absolute Gasteiger partial charge is 0.342 e. The lowest BCUT2D eigenvalue weighted by Gasteiger charge is -2.20. The Morgan fingerprint density at radius 1 is 0.944 bits per heavy atom. The molecule has 0 atom stereocenters. The third-order valence-electron chi connectivity index (χ3n) is 5.63. The van der Waals surface area contributed by atoms with Gasteiger partial charge in [0, 0.05) is 5.69 Å². The molecule has 3 aromatic carbocycles. The van der Waals surface area contributed by atoms with Crippen LogP contribution in [0.15, 0.2) is 72.8 Å². The molecule has 1 aliphatic heterocycles. The molecule has 0 aromatic heterocycles. The summed E-state index contributed by atoms with van der Waals surface area (Å²) >= 11 is 0. The number of imide groups is 1. The summed E-state index contributed by atoms with van der Waals surface area (Å²) in [5, 5.41) is 9.09. The maximum atomic E-state index is 12.9. The van der Waals surface area contributed by atoms with Crippen LogP contribution in [-0.2, 0) is 16.1 Å². The first-order chi connectivity index (χ1) is 17.4. The highest BCUT2D eigenvalue weighted by Gasteiger charge is 2.35. The predicted octanol–water partition coefficient (Wildman–Crippen LogP) is 3.20. The topological polar surface area (TPSA) is 117 Å². The standard InChI is InChI=1S/C27H21N3O6/c1-35-23-12-11-18(16-30-25(32)20-9-5-6-10-21(20)26(30)33)15-22(23)27(34)36-17-24(31)29(14-13-28)19-7-3-2-4-8-19/h2-12,15H,14,16-17H2,1H3. The number of hydrogen-bond acceptors (Lipinski definition) is 7. The minimum absolute atomic E-state index is 0.0333. The molecule has 0 bridgehead atoms. The second-order valence-electron chi connectivity index (χ2n) is 7.83. The van der Waals surface area contributed by atoms with Gasteiger partial charge in [-0.25, -0.2) is 4.79 Å². The van der Waals surface area contributed by atoms with Crippen LogP contribution in [0.1, 0.15) is 36.6 Å². The Hall–Kier alpha value is -4.97. The molecule has 1 aliphatic rings. The number of nitriles is 1. The summed E-state index contributed by atoms with van der Waals surface area (Å²) in [6.07, 6.45) is 0. The van der Waals surface area contributed by atoms with E-state index in [-0.39, 0.29) is 24.4 Å². The number of benzene rings is 3. The molecule has 9 nitrogen and oxygen atoms in total. The third-order valence-corrected chi connectivity index (χ3v) is 5.63. The van der Waals surface area contributed by atoms with E-state index in [1.165, 1.54) is 24.1 Å². The highest BCUT2D eigenvalue weighted by Crippen LogP contribution is 2.27. The van der Waals surface area contributed by atoms with Crippen molar-refractivity contribution in [2.24, 2.45) is 0 Å². The Morgan fingerprint density at radius 2 is 1.58 bits per heavy atom. The van der Waals surface area contributed by atoms with Gasteiger partial charge < -0.3 is 9.47 Å². The number of esters is 1. The van der Waals surface area contributed by atoms with Gasteiger partial charge in [0.05, 0.1) is 30.9 Å². The fourth-order valence-corrected chi connectivity index (χ4v) is 3.86. The van der Waals surface area contributed by atoms with Crippen molar-refractivity contribution in [3.63, 3.8) is 0 Å². The van der Waals surface area contributed by atoms with Crippen molar-refractivity contribution < 1.29 is 28.7 Å². The largest absolute Gasteiger partial charge is 0.496 e. The summed E-state index contributed by atoms with van der Waals surface area (Å²) in [5.74, 6) is -2.03. The normalized spacial score (nSPS) is 12.1. The molecule has 36 heavy (non-hydrogen) atoms. The average molecular weight is 483 g/mol. The van der Waals surface area contributed by atoms with Crippen LogP contribution in [0.3, 0.4) is 0 Å². The third kappa shape index (κ3) is 4.79. The van der Waals surface area contributed by atoms with Crippen molar-refractivity contribution in [1.82, 2.24) is 4.90 Å². The lowest BCUT2D eigenvalue weighted by atomic mass is 10.1. The number of ether oxygens (including phenoxy) is 2. The number of nitrogens with zero attached hydrogens (tertiary/aromatic N) is 3. The van der Waals surface area contributed by atoms with Crippen LogP contribution in [-0.4, -0.2) is 48.9 Å². The van der Waals surface area contributed by atoms with Gasteiger partial charge in [0.2, 0.25) is 0 Å². The van der Waals surface area contributed by atoms with Crippen LogP contribution in [0.25, 0.3) is 0 Å². The first-order valence-electron chi connectivity index (χ1n) is 11.0. The maximum Gasteiger partial charge on any atom is 0.342 e. The number of fused-ring (bicyclic) bond motifs is 1. The number of amides is 3. The zero-order chi connectivity index (χ0) is 25.7. The number of carbonyl (C=O) groups is 4. The summed E-state index contributed by atoms with van der Waals surface area (Å²) in [6, 6.07) is 21.7. The van der Waals surface area contributed by atoms with Crippen molar-refractivity contribution in [3.8, 4) is 11.8 Å². The van der Waals surface area contributed by atoms with E-state index in [0.29, 0.717) is 22.4 Å². The second-order valence-corrected chi connectivity index (χ2v) is 7.83. The minimum Gasteiger partial charge on any atom is -0.496 e. The number of para-hydroxylation sites is 1. The Labute approximate surface area is 207 Å². The van der Waals surface area contributed by atoms with Crippen molar-refractivity contribution in [2.45, 2.75) is 6.54 Å². The lowest BCUT2D eigenvalue weighted by molar-refractivity contribution is -0.121. The molecule has 0 fully saturated rings. The van der Waals surface area contributed by atoms with E-state index in [4.69, 9.17) is 14.7 Å². The van der Waals surface area contributed by atoms with Crippen LogP contribution in [0.2, 0.25) is 0 Å². The van der Waals surface area contributed by atoms with Crippen LogP contribution in [0.5, 0.6) is 5.75 Å². The number of methoxy groups -OCH3 is 1. The molecule has 4 rings (SSSR count). The van der Waals surface area contributed by atoms with Gasteiger partial charge in [-0.05, 0) is 42.0 Å². The highest BCUT2D eigenvalue weighted by molar-refractivity contribution is 6.21. The lowest BCUT2D eigenvalue weighted by Crippen LogP contribution is -2.35. The Bertz CT molecular complexity index is 1340. The molecule has 0 saturated heterocycles. The second kappa shape index (κ2) is 10.5. The van der Waals surface area contributed by atoms with Crippen molar-refractivity contribution in [1.29, 1.82) is 5.26 Å². The van der Waals surface area contributed by atoms with Crippen LogP contribution >= 0.6 is 0 Å². The molecule has 0 saturated carbocycles. The number of hydrogen-bond donors (Lipinski definition) is 0. The summed E-state index contributed by atoms with van der Waals surface area (Å²) in [5.41, 5.74) is 1.69. The fraction of sp³-hybridized carbons (Fsp3) is 0.148. The summed E-state index contributed by atoms with van der Waals surface area (Å²) in [4.78, 5) is 53.2. The molecule has 180 valence electrons. The van der Waals surface area contributed by atoms with E-state index in [1.54, 1.807) is 60.7 Å². The highest BCUT2D eigenvalue weighted by atomic mass is 16.5. The van der Waals surface area contributed by atoms with Gasteiger partial charge >= 0.3 is 5.97 Å². The van der Waals surface area contributed by atoms with Gasteiger partial charge in [-0.2, -0.15) is 5.26 Å². The van der Waals surface area contributed by atoms with Crippen molar-refractivity contribution in [3.05, 3.63) is 95.1 Å². The van der Waals surface area contributed by atoms with Gasteiger partial charge in [0.25, 0.3) is 17.7 Å². The van der Waals surface area contributed by atoms with Crippen LogP contribution in [0, 0.1) is 11.3 Å². The number of anilines is 1. The molecule has 9 heteroatoms.